The first kappa shape index (κ1) is 5.67. The molecule has 8 heavy (non-hydrogen) atoms. The van der Waals surface area contributed by atoms with E-state index in [0.717, 1.165) is 6.42 Å². The fourth-order valence-electron chi connectivity index (χ4n) is 0.986. The largest absolute Gasteiger partial charge is 0.498 e. The fourth-order valence-corrected chi connectivity index (χ4v) is 0.986. The van der Waals surface area contributed by atoms with Crippen molar-refractivity contribution >= 4 is 0 Å². The Balaban J connectivity index is 2.38. The molecule has 0 aromatic rings. The molecular weight excluding hydrogens is 100 g/mol. The molecule has 1 heterocycles. The summed E-state index contributed by atoms with van der Waals surface area (Å²) in [6.45, 7) is 4.33. The van der Waals surface area contributed by atoms with Crippen molar-refractivity contribution in [2.75, 3.05) is 0 Å². The molecule has 1 rings (SSSR count). The zero-order valence-corrected chi connectivity index (χ0v) is 5.42. The van der Waals surface area contributed by atoms with Crippen molar-refractivity contribution < 1.29 is 4.74 Å². The molecule has 0 amide bonds. The van der Waals surface area contributed by atoms with Crippen LogP contribution in [0, 0.1) is 5.92 Å². The van der Waals surface area contributed by atoms with Crippen molar-refractivity contribution in [2.45, 2.75) is 26.4 Å². The molecule has 0 saturated carbocycles. The van der Waals surface area contributed by atoms with Crippen LogP contribution in [0.3, 0.4) is 0 Å². The lowest BCUT2D eigenvalue weighted by molar-refractivity contribution is 0.136. The van der Waals surface area contributed by atoms with Gasteiger partial charge < -0.3 is 4.74 Å². The first-order valence-corrected chi connectivity index (χ1v) is 3.16. The Hall–Kier alpha value is -0.460. The summed E-state index contributed by atoms with van der Waals surface area (Å²) in [5, 5.41) is 0. The Morgan fingerprint density at radius 3 is 2.62 bits per heavy atom. The van der Waals surface area contributed by atoms with Gasteiger partial charge >= 0.3 is 0 Å². The first-order valence-electron chi connectivity index (χ1n) is 3.16. The number of rotatable bonds is 1. The number of hydrogen-bond donors (Lipinski definition) is 0. The molecule has 2 atom stereocenters. The van der Waals surface area contributed by atoms with Gasteiger partial charge in [-0.25, -0.2) is 0 Å². The maximum Gasteiger partial charge on any atom is 0.104 e. The zero-order valence-electron chi connectivity index (χ0n) is 5.42. The lowest BCUT2D eigenvalue weighted by Gasteiger charge is -2.10. The third-order valence-electron chi connectivity index (χ3n) is 1.62. The summed E-state index contributed by atoms with van der Waals surface area (Å²) in [6, 6.07) is 0. The van der Waals surface area contributed by atoms with E-state index in [4.69, 9.17) is 4.74 Å². The topological polar surface area (TPSA) is 9.23 Å². The van der Waals surface area contributed by atoms with Crippen molar-refractivity contribution in [1.82, 2.24) is 0 Å². The summed E-state index contributed by atoms with van der Waals surface area (Å²) >= 11 is 0. The van der Waals surface area contributed by atoms with Gasteiger partial charge in [-0.05, 0) is 12.5 Å². The number of hydrogen-bond acceptors (Lipinski definition) is 1. The molecule has 0 aromatic heterocycles. The second kappa shape index (κ2) is 2.21. The highest BCUT2D eigenvalue weighted by Crippen LogP contribution is 2.18. The van der Waals surface area contributed by atoms with Gasteiger partial charge in [-0.2, -0.15) is 0 Å². The fraction of sp³-hybridized carbons (Fsp3) is 0.714. The van der Waals surface area contributed by atoms with Gasteiger partial charge in [-0.3, -0.25) is 0 Å². The van der Waals surface area contributed by atoms with E-state index in [2.05, 4.69) is 19.9 Å². The molecule has 0 aliphatic carbocycles. The van der Waals surface area contributed by atoms with Crippen LogP contribution >= 0.6 is 0 Å². The molecular formula is C7H12O. The van der Waals surface area contributed by atoms with Crippen LogP contribution < -0.4 is 0 Å². The molecule has 1 aliphatic rings. The molecule has 0 spiro atoms. The van der Waals surface area contributed by atoms with E-state index in [9.17, 15) is 0 Å². The van der Waals surface area contributed by atoms with Crippen LogP contribution in [0.4, 0.5) is 0 Å². The lowest BCUT2D eigenvalue weighted by atomic mass is 10.1. The van der Waals surface area contributed by atoms with Crippen molar-refractivity contribution in [3.63, 3.8) is 0 Å². The van der Waals surface area contributed by atoms with Gasteiger partial charge in [0.2, 0.25) is 0 Å². The Labute approximate surface area is 50.3 Å². The van der Waals surface area contributed by atoms with Gasteiger partial charge in [-0.1, -0.05) is 13.8 Å². The van der Waals surface area contributed by atoms with Crippen LogP contribution in [-0.4, -0.2) is 6.10 Å². The first-order chi connectivity index (χ1) is 3.84. The van der Waals surface area contributed by atoms with Gasteiger partial charge in [0.25, 0.3) is 0 Å². The van der Waals surface area contributed by atoms with Gasteiger partial charge in [0.1, 0.15) is 6.10 Å². The average molecular weight is 112 g/mol. The predicted molar refractivity (Wildman–Crippen MR) is 33.5 cm³/mol. The normalized spacial score (nSPS) is 35.2. The van der Waals surface area contributed by atoms with E-state index in [1.165, 1.54) is 0 Å². The zero-order chi connectivity index (χ0) is 5.98. The van der Waals surface area contributed by atoms with E-state index in [0.29, 0.717) is 12.0 Å². The van der Waals surface area contributed by atoms with Crippen LogP contribution in [0.5, 0.6) is 0 Å². The van der Waals surface area contributed by atoms with Crippen molar-refractivity contribution in [2.24, 2.45) is 5.92 Å². The van der Waals surface area contributed by atoms with Crippen LogP contribution in [-0.2, 0) is 4.74 Å². The smallest absolute Gasteiger partial charge is 0.104 e. The van der Waals surface area contributed by atoms with Crippen LogP contribution in [0.25, 0.3) is 0 Å². The standard InChI is InChI=1S/C7H12O/c1-3-7-6(2)4-5-8-7/h4-7H,3H2,1-2H3/t6-,7+/m0/s1. The summed E-state index contributed by atoms with van der Waals surface area (Å²) in [5.74, 6) is 0.625. The molecule has 0 aromatic carbocycles. The molecule has 0 saturated heterocycles. The van der Waals surface area contributed by atoms with E-state index >= 15 is 0 Å². The van der Waals surface area contributed by atoms with E-state index in [1.54, 1.807) is 6.26 Å². The maximum atomic E-state index is 5.23. The molecule has 46 valence electrons. The van der Waals surface area contributed by atoms with E-state index in [1.807, 2.05) is 0 Å². The molecule has 0 fully saturated rings. The minimum absolute atomic E-state index is 0.454. The Kier molecular flexibility index (Phi) is 1.56. The molecule has 1 aliphatic heterocycles. The molecule has 0 radical (unpaired) electrons. The minimum Gasteiger partial charge on any atom is -0.498 e. The van der Waals surface area contributed by atoms with Gasteiger partial charge in [0.05, 0.1) is 6.26 Å². The highest BCUT2D eigenvalue weighted by molar-refractivity contribution is 4.92. The number of ether oxygens (including phenoxy) is 1. The highest BCUT2D eigenvalue weighted by Gasteiger charge is 2.16. The van der Waals surface area contributed by atoms with Crippen molar-refractivity contribution in [1.29, 1.82) is 0 Å². The Morgan fingerprint density at radius 1 is 1.62 bits per heavy atom. The third kappa shape index (κ3) is 0.857. The Morgan fingerprint density at radius 2 is 2.38 bits per heavy atom. The summed E-state index contributed by atoms with van der Waals surface area (Å²) in [6.07, 6.45) is 5.48. The molecule has 1 heteroatoms. The molecule has 0 N–H and O–H groups in total. The van der Waals surface area contributed by atoms with Crippen molar-refractivity contribution in [3.05, 3.63) is 12.3 Å². The van der Waals surface area contributed by atoms with Crippen LogP contribution in [0.2, 0.25) is 0 Å². The molecule has 1 nitrogen and oxygen atoms in total. The van der Waals surface area contributed by atoms with Gasteiger partial charge in [0, 0.05) is 5.92 Å². The van der Waals surface area contributed by atoms with E-state index in [-0.39, 0.29) is 0 Å². The van der Waals surface area contributed by atoms with Crippen molar-refractivity contribution in [3.8, 4) is 0 Å². The summed E-state index contributed by atoms with van der Waals surface area (Å²) in [7, 11) is 0. The lowest BCUT2D eigenvalue weighted by Crippen LogP contribution is -2.11. The van der Waals surface area contributed by atoms with Gasteiger partial charge in [0.15, 0.2) is 0 Å². The summed E-state index contributed by atoms with van der Waals surface area (Å²) < 4.78 is 5.23. The predicted octanol–water partition coefficient (Wildman–Crippen LogP) is 1.95. The van der Waals surface area contributed by atoms with E-state index < -0.39 is 0 Å². The quantitative estimate of drug-likeness (QED) is 0.503. The summed E-state index contributed by atoms with van der Waals surface area (Å²) in [4.78, 5) is 0. The second-order valence-electron chi connectivity index (χ2n) is 2.27. The minimum atomic E-state index is 0.454. The van der Waals surface area contributed by atoms with Gasteiger partial charge in [-0.15, -0.1) is 0 Å². The monoisotopic (exact) mass is 112 g/mol. The molecule has 0 unspecified atom stereocenters. The average Bonchev–Trinajstić information content (AvgIpc) is 2.14. The SMILES string of the molecule is CC[C@H]1OC=C[C@@H]1C. The molecule has 0 bridgehead atoms. The third-order valence-corrected chi connectivity index (χ3v) is 1.62. The van der Waals surface area contributed by atoms with Crippen LogP contribution in [0.1, 0.15) is 20.3 Å². The second-order valence-corrected chi connectivity index (χ2v) is 2.27. The summed E-state index contributed by atoms with van der Waals surface area (Å²) in [5.41, 5.74) is 0. The highest BCUT2D eigenvalue weighted by atomic mass is 16.5. The maximum absolute atomic E-state index is 5.23. The van der Waals surface area contributed by atoms with Crippen LogP contribution in [0.15, 0.2) is 12.3 Å². The Bertz CT molecular complexity index is 96.6.